The maximum Gasteiger partial charge on any atom is 0.0645 e. The number of ether oxygens (including phenoxy) is 1. The van der Waals surface area contributed by atoms with Crippen LogP contribution in [0, 0.1) is 6.92 Å². The fourth-order valence-electron chi connectivity index (χ4n) is 2.67. The van der Waals surface area contributed by atoms with E-state index in [1.54, 1.807) is 0 Å². The van der Waals surface area contributed by atoms with Gasteiger partial charge in [0.1, 0.15) is 0 Å². The van der Waals surface area contributed by atoms with Crippen molar-refractivity contribution >= 4 is 0 Å². The Morgan fingerprint density at radius 1 is 1.06 bits per heavy atom. The van der Waals surface area contributed by atoms with E-state index in [2.05, 4.69) is 41.0 Å². The molecule has 0 aliphatic carbocycles. The van der Waals surface area contributed by atoms with Crippen LogP contribution in [0.4, 0.5) is 0 Å². The summed E-state index contributed by atoms with van der Waals surface area (Å²) >= 11 is 0. The molecule has 2 aliphatic rings. The van der Waals surface area contributed by atoms with Crippen LogP contribution in [0.5, 0.6) is 0 Å². The van der Waals surface area contributed by atoms with Crippen LogP contribution in [0.15, 0.2) is 24.3 Å². The van der Waals surface area contributed by atoms with E-state index in [0.717, 1.165) is 19.8 Å². The summed E-state index contributed by atoms with van der Waals surface area (Å²) in [5, 5.41) is 0. The Morgan fingerprint density at radius 2 is 1.72 bits per heavy atom. The zero-order valence-corrected chi connectivity index (χ0v) is 11.1. The highest BCUT2D eigenvalue weighted by Crippen LogP contribution is 2.15. The van der Waals surface area contributed by atoms with Gasteiger partial charge in [-0.2, -0.15) is 0 Å². The van der Waals surface area contributed by atoms with Crippen LogP contribution in [0.25, 0.3) is 0 Å². The average molecular weight is 246 g/mol. The van der Waals surface area contributed by atoms with E-state index in [1.807, 2.05) is 0 Å². The molecule has 3 rings (SSSR count). The molecule has 2 fully saturated rings. The van der Waals surface area contributed by atoms with Crippen molar-refractivity contribution in [1.29, 1.82) is 0 Å². The van der Waals surface area contributed by atoms with Gasteiger partial charge in [0, 0.05) is 32.7 Å². The zero-order chi connectivity index (χ0) is 12.4. The number of rotatable bonds is 3. The van der Waals surface area contributed by atoms with Crippen molar-refractivity contribution in [2.24, 2.45) is 0 Å². The SMILES string of the molecule is Cc1ccc(CN2CCN(C3COC3)CC2)cc1. The van der Waals surface area contributed by atoms with E-state index in [9.17, 15) is 0 Å². The lowest BCUT2D eigenvalue weighted by molar-refractivity contribution is -0.0774. The van der Waals surface area contributed by atoms with Crippen LogP contribution < -0.4 is 0 Å². The highest BCUT2D eigenvalue weighted by molar-refractivity contribution is 5.21. The highest BCUT2D eigenvalue weighted by Gasteiger charge is 2.28. The molecule has 18 heavy (non-hydrogen) atoms. The van der Waals surface area contributed by atoms with E-state index in [4.69, 9.17) is 4.74 Å². The van der Waals surface area contributed by atoms with E-state index < -0.39 is 0 Å². The molecular weight excluding hydrogens is 224 g/mol. The van der Waals surface area contributed by atoms with Crippen LogP contribution in [-0.4, -0.2) is 55.2 Å². The molecule has 0 spiro atoms. The minimum atomic E-state index is 0.700. The van der Waals surface area contributed by atoms with Gasteiger partial charge in [-0.3, -0.25) is 9.80 Å². The summed E-state index contributed by atoms with van der Waals surface area (Å²) in [4.78, 5) is 5.13. The molecule has 0 radical (unpaired) electrons. The van der Waals surface area contributed by atoms with Crippen molar-refractivity contribution in [3.05, 3.63) is 35.4 Å². The predicted molar refractivity (Wildman–Crippen MR) is 72.6 cm³/mol. The van der Waals surface area contributed by atoms with Gasteiger partial charge in [-0.15, -0.1) is 0 Å². The highest BCUT2D eigenvalue weighted by atomic mass is 16.5. The van der Waals surface area contributed by atoms with Crippen molar-refractivity contribution in [3.8, 4) is 0 Å². The maximum atomic E-state index is 5.27. The second kappa shape index (κ2) is 5.39. The molecule has 0 unspecified atom stereocenters. The van der Waals surface area contributed by atoms with Gasteiger partial charge >= 0.3 is 0 Å². The smallest absolute Gasteiger partial charge is 0.0645 e. The Kier molecular flexibility index (Phi) is 3.64. The molecule has 1 aromatic rings. The third-order valence-corrected chi connectivity index (χ3v) is 4.07. The minimum absolute atomic E-state index is 0.700. The summed E-state index contributed by atoms with van der Waals surface area (Å²) < 4.78 is 5.27. The summed E-state index contributed by atoms with van der Waals surface area (Å²) in [5.41, 5.74) is 2.77. The van der Waals surface area contributed by atoms with E-state index in [1.165, 1.54) is 37.3 Å². The van der Waals surface area contributed by atoms with Gasteiger partial charge in [0.25, 0.3) is 0 Å². The monoisotopic (exact) mass is 246 g/mol. The molecule has 0 aromatic heterocycles. The molecule has 0 bridgehead atoms. The molecule has 98 valence electrons. The quantitative estimate of drug-likeness (QED) is 0.804. The van der Waals surface area contributed by atoms with E-state index in [-0.39, 0.29) is 0 Å². The Hall–Kier alpha value is -0.900. The second-order valence-electron chi connectivity index (χ2n) is 5.49. The number of hydrogen-bond acceptors (Lipinski definition) is 3. The standard InChI is InChI=1S/C15H22N2O/c1-13-2-4-14(5-3-13)10-16-6-8-17(9-7-16)15-11-18-12-15/h2-5,15H,6-12H2,1H3. The molecule has 0 saturated carbocycles. The van der Waals surface area contributed by atoms with Crippen LogP contribution in [0.3, 0.4) is 0 Å². The summed E-state index contributed by atoms with van der Waals surface area (Å²) in [5.74, 6) is 0. The number of hydrogen-bond donors (Lipinski definition) is 0. The average Bonchev–Trinajstić information content (AvgIpc) is 2.32. The lowest BCUT2D eigenvalue weighted by Gasteiger charge is -2.42. The molecule has 3 nitrogen and oxygen atoms in total. The van der Waals surface area contributed by atoms with Gasteiger partial charge in [-0.1, -0.05) is 29.8 Å². The normalized spacial score (nSPS) is 22.9. The minimum Gasteiger partial charge on any atom is -0.378 e. The first-order chi connectivity index (χ1) is 8.81. The Balaban J connectivity index is 1.48. The molecule has 1 aromatic carbocycles. The van der Waals surface area contributed by atoms with Crippen LogP contribution in [0.2, 0.25) is 0 Å². The fraction of sp³-hybridized carbons (Fsp3) is 0.600. The van der Waals surface area contributed by atoms with Crippen molar-refractivity contribution in [2.45, 2.75) is 19.5 Å². The topological polar surface area (TPSA) is 15.7 Å². The lowest BCUT2D eigenvalue weighted by atomic mass is 10.1. The van der Waals surface area contributed by atoms with Crippen molar-refractivity contribution in [2.75, 3.05) is 39.4 Å². The molecule has 0 amide bonds. The van der Waals surface area contributed by atoms with Gasteiger partial charge in [0.05, 0.1) is 19.3 Å². The molecule has 2 saturated heterocycles. The van der Waals surface area contributed by atoms with Crippen molar-refractivity contribution in [1.82, 2.24) is 9.80 Å². The largest absolute Gasteiger partial charge is 0.378 e. The molecule has 3 heteroatoms. The molecule has 2 aliphatic heterocycles. The van der Waals surface area contributed by atoms with E-state index in [0.29, 0.717) is 6.04 Å². The first-order valence-electron chi connectivity index (χ1n) is 6.91. The molecule has 0 atom stereocenters. The van der Waals surface area contributed by atoms with Gasteiger partial charge in [-0.05, 0) is 12.5 Å². The summed E-state index contributed by atoms with van der Waals surface area (Å²) in [6.07, 6.45) is 0. The van der Waals surface area contributed by atoms with Crippen molar-refractivity contribution < 1.29 is 4.74 Å². The van der Waals surface area contributed by atoms with Gasteiger partial charge in [0.2, 0.25) is 0 Å². The van der Waals surface area contributed by atoms with E-state index >= 15 is 0 Å². The van der Waals surface area contributed by atoms with Crippen molar-refractivity contribution in [3.63, 3.8) is 0 Å². The Bertz CT molecular complexity index is 378. The number of piperazine rings is 1. The summed E-state index contributed by atoms with van der Waals surface area (Å²) in [7, 11) is 0. The third-order valence-electron chi connectivity index (χ3n) is 4.07. The van der Waals surface area contributed by atoms with Gasteiger partial charge in [-0.25, -0.2) is 0 Å². The lowest BCUT2D eigenvalue weighted by Crippen LogP contribution is -2.56. The molecular formula is C15H22N2O. The molecule has 0 N–H and O–H groups in total. The predicted octanol–water partition coefficient (Wildman–Crippen LogP) is 1.51. The Morgan fingerprint density at radius 3 is 2.28 bits per heavy atom. The second-order valence-corrected chi connectivity index (χ2v) is 5.49. The molecule has 2 heterocycles. The van der Waals surface area contributed by atoms with Crippen LogP contribution >= 0.6 is 0 Å². The number of nitrogens with zero attached hydrogens (tertiary/aromatic N) is 2. The number of aryl methyl sites for hydroxylation is 1. The van der Waals surface area contributed by atoms with Gasteiger partial charge in [0.15, 0.2) is 0 Å². The third kappa shape index (κ3) is 2.74. The summed E-state index contributed by atoms with van der Waals surface area (Å²) in [6.45, 7) is 9.88. The number of benzene rings is 1. The maximum absolute atomic E-state index is 5.27. The van der Waals surface area contributed by atoms with Crippen LogP contribution in [0.1, 0.15) is 11.1 Å². The van der Waals surface area contributed by atoms with Crippen LogP contribution in [-0.2, 0) is 11.3 Å². The first kappa shape index (κ1) is 12.2. The first-order valence-corrected chi connectivity index (χ1v) is 6.91. The fourth-order valence-corrected chi connectivity index (χ4v) is 2.67. The summed E-state index contributed by atoms with van der Waals surface area (Å²) in [6, 6.07) is 9.61. The Labute approximate surface area is 109 Å². The zero-order valence-electron chi connectivity index (χ0n) is 11.1. The van der Waals surface area contributed by atoms with Gasteiger partial charge < -0.3 is 4.74 Å².